The second-order valence-electron chi connectivity index (χ2n) is 1.70. The van der Waals surface area contributed by atoms with Gasteiger partial charge in [-0.15, -0.1) is 0 Å². The van der Waals surface area contributed by atoms with Gasteiger partial charge in [0.2, 0.25) is 5.75 Å². The minimum Gasteiger partial charge on any atom is -0.461 e. The van der Waals surface area contributed by atoms with Crippen molar-refractivity contribution in [3.63, 3.8) is 0 Å². The van der Waals surface area contributed by atoms with Gasteiger partial charge in [-0.3, -0.25) is 0 Å². The van der Waals surface area contributed by atoms with Crippen molar-refractivity contribution in [2.75, 3.05) is 0 Å². The predicted octanol–water partition coefficient (Wildman–Crippen LogP) is 1.15. The fourth-order valence-electron chi connectivity index (χ4n) is 0.722. The zero-order valence-corrected chi connectivity index (χ0v) is 4.63. The van der Waals surface area contributed by atoms with Crippen LogP contribution in [0.3, 0.4) is 0 Å². The van der Waals surface area contributed by atoms with E-state index in [4.69, 9.17) is 9.25 Å². The molecule has 9 heavy (non-hydrogen) atoms. The summed E-state index contributed by atoms with van der Waals surface area (Å²) >= 11 is 0. The monoisotopic (exact) mass is 123 g/mol. The van der Waals surface area contributed by atoms with Crippen molar-refractivity contribution in [2.24, 2.45) is 0 Å². The molecular weight excluding hydrogens is 118 g/mol. The zero-order chi connectivity index (χ0) is 6.10. The fraction of sp³-hybridized carbons (Fsp3) is 0. The van der Waals surface area contributed by atoms with Gasteiger partial charge in [-0.1, -0.05) is 0 Å². The molecule has 2 heterocycles. The molecule has 0 atom stereocenters. The van der Waals surface area contributed by atoms with Crippen LogP contribution < -0.4 is 10.3 Å². The molecule has 0 bridgehead atoms. The summed E-state index contributed by atoms with van der Waals surface area (Å²) in [5.74, 6) is 1.49. The number of hydrogen-bond acceptors (Lipinski definition) is 3. The normalized spacial score (nSPS) is 13.8. The van der Waals surface area contributed by atoms with E-state index < -0.39 is 0 Å². The van der Waals surface area contributed by atoms with Gasteiger partial charge in [0, 0.05) is 18.3 Å². The molecule has 0 saturated carbocycles. The van der Waals surface area contributed by atoms with Crippen molar-refractivity contribution in [2.45, 2.75) is 0 Å². The van der Waals surface area contributed by atoms with Gasteiger partial charge in [0.05, 0.1) is 6.26 Å². The van der Waals surface area contributed by atoms with E-state index in [1.165, 1.54) is 0 Å². The van der Waals surface area contributed by atoms with E-state index in [1.54, 1.807) is 24.6 Å². The first-order valence-electron chi connectivity index (χ1n) is 2.63. The van der Waals surface area contributed by atoms with Crippen LogP contribution in [0.2, 0.25) is 0 Å². The molecule has 0 aromatic carbocycles. The third kappa shape index (κ3) is 0.579. The second-order valence-corrected chi connectivity index (χ2v) is 1.70. The highest BCUT2D eigenvalue weighted by Crippen LogP contribution is 2.21. The van der Waals surface area contributed by atoms with Crippen LogP contribution in [0.15, 0.2) is 22.9 Å². The summed E-state index contributed by atoms with van der Waals surface area (Å²) in [7, 11) is 0. The molecule has 2 rings (SSSR count). The first kappa shape index (κ1) is 4.49. The van der Waals surface area contributed by atoms with Gasteiger partial charge < -0.3 is 9.25 Å². The number of rotatable bonds is 0. The van der Waals surface area contributed by atoms with Crippen molar-refractivity contribution < 1.29 is 9.25 Å². The van der Waals surface area contributed by atoms with E-state index >= 15 is 0 Å². The molecule has 0 aliphatic carbocycles. The van der Waals surface area contributed by atoms with Crippen LogP contribution in [0.1, 0.15) is 5.76 Å². The van der Waals surface area contributed by atoms with Gasteiger partial charge in [-0.05, 0) is 0 Å². The zero-order valence-electron chi connectivity index (χ0n) is 4.63. The van der Waals surface area contributed by atoms with Crippen molar-refractivity contribution in [1.82, 2.24) is 5.48 Å². The molecule has 1 aliphatic heterocycles. The third-order valence-electron chi connectivity index (χ3n) is 1.13. The average Bonchev–Trinajstić information content (AvgIpc) is 2.33. The molecule has 0 radical (unpaired) electrons. The molecule has 0 saturated heterocycles. The summed E-state index contributed by atoms with van der Waals surface area (Å²) in [6.07, 6.45) is 5.06. The average molecular weight is 123 g/mol. The van der Waals surface area contributed by atoms with Crippen LogP contribution in [0.5, 0.6) is 5.75 Å². The molecule has 0 fully saturated rings. The first-order valence-corrected chi connectivity index (χ1v) is 2.63. The van der Waals surface area contributed by atoms with Crippen molar-refractivity contribution >= 4 is 6.08 Å². The highest BCUT2D eigenvalue weighted by Gasteiger charge is 2.06. The van der Waals surface area contributed by atoms with Crippen LogP contribution in [-0.2, 0) is 0 Å². The Bertz CT molecular complexity index is 239. The maximum atomic E-state index is 5.00. The van der Waals surface area contributed by atoms with E-state index in [9.17, 15) is 0 Å². The number of hydroxylamine groups is 1. The number of hydrogen-bond donors (Lipinski definition) is 1. The highest BCUT2D eigenvalue weighted by atomic mass is 16.7. The maximum absolute atomic E-state index is 5.00. The molecule has 3 nitrogen and oxygen atoms in total. The lowest BCUT2D eigenvalue weighted by Gasteiger charge is -2.05. The van der Waals surface area contributed by atoms with Crippen LogP contribution in [-0.4, -0.2) is 0 Å². The minimum atomic E-state index is 0.734. The second kappa shape index (κ2) is 1.55. The molecule has 3 heteroatoms. The summed E-state index contributed by atoms with van der Waals surface area (Å²) in [6.45, 7) is 0. The summed E-state index contributed by atoms with van der Waals surface area (Å²) in [5, 5.41) is 0. The van der Waals surface area contributed by atoms with E-state index in [2.05, 4.69) is 5.48 Å². The van der Waals surface area contributed by atoms with Crippen LogP contribution in [0.4, 0.5) is 0 Å². The standard InChI is InChI=1S/C6H5NO2/c1-3-7-9-6-2-4-8-5(1)6/h1-4,7H. The molecule has 0 spiro atoms. The molecule has 1 aliphatic rings. The van der Waals surface area contributed by atoms with Crippen molar-refractivity contribution in [3.8, 4) is 5.75 Å². The Labute approximate surface area is 51.9 Å². The summed E-state index contributed by atoms with van der Waals surface area (Å²) in [6, 6.07) is 1.76. The highest BCUT2D eigenvalue weighted by molar-refractivity contribution is 5.52. The molecule has 1 aromatic rings. The van der Waals surface area contributed by atoms with Crippen molar-refractivity contribution in [1.29, 1.82) is 0 Å². The third-order valence-corrected chi connectivity index (χ3v) is 1.13. The summed E-state index contributed by atoms with van der Waals surface area (Å²) in [4.78, 5) is 4.93. The van der Waals surface area contributed by atoms with Gasteiger partial charge in [-0.25, -0.2) is 5.48 Å². The Hall–Kier alpha value is -1.38. The lowest BCUT2D eigenvalue weighted by molar-refractivity contribution is 0.235. The van der Waals surface area contributed by atoms with Crippen LogP contribution in [0, 0.1) is 0 Å². The van der Waals surface area contributed by atoms with Gasteiger partial charge in [0.1, 0.15) is 0 Å². The quantitative estimate of drug-likeness (QED) is 0.561. The first-order chi connectivity index (χ1) is 4.47. The van der Waals surface area contributed by atoms with Crippen molar-refractivity contribution in [3.05, 3.63) is 24.3 Å². The maximum Gasteiger partial charge on any atom is 0.200 e. The Balaban J connectivity index is 2.53. The number of furan rings is 1. The smallest absolute Gasteiger partial charge is 0.200 e. The largest absolute Gasteiger partial charge is 0.461 e. The molecular formula is C6H5NO2. The molecule has 0 amide bonds. The molecule has 0 unspecified atom stereocenters. The lowest BCUT2D eigenvalue weighted by Crippen LogP contribution is -2.12. The van der Waals surface area contributed by atoms with Crippen LogP contribution >= 0.6 is 0 Å². The lowest BCUT2D eigenvalue weighted by atomic mass is 10.4. The summed E-state index contributed by atoms with van der Waals surface area (Å²) in [5.41, 5.74) is 2.59. The Morgan fingerprint density at radius 2 is 2.44 bits per heavy atom. The molecule has 1 aromatic heterocycles. The Morgan fingerprint density at radius 3 is 3.33 bits per heavy atom. The van der Waals surface area contributed by atoms with Gasteiger partial charge in [-0.2, -0.15) is 0 Å². The predicted molar refractivity (Wildman–Crippen MR) is 31.5 cm³/mol. The van der Waals surface area contributed by atoms with E-state index in [1.807, 2.05) is 0 Å². The van der Waals surface area contributed by atoms with Gasteiger partial charge >= 0.3 is 0 Å². The fourth-order valence-corrected chi connectivity index (χ4v) is 0.722. The Kier molecular flexibility index (Phi) is 0.773. The number of fused-ring (bicyclic) bond motifs is 1. The van der Waals surface area contributed by atoms with Gasteiger partial charge in [0.15, 0.2) is 5.76 Å². The van der Waals surface area contributed by atoms with E-state index in [-0.39, 0.29) is 0 Å². The molecule has 46 valence electrons. The van der Waals surface area contributed by atoms with Gasteiger partial charge in [0.25, 0.3) is 0 Å². The van der Waals surface area contributed by atoms with Crippen LogP contribution in [0.25, 0.3) is 6.08 Å². The Morgan fingerprint density at radius 1 is 1.44 bits per heavy atom. The van der Waals surface area contributed by atoms with E-state index in [0.717, 1.165) is 11.5 Å². The summed E-state index contributed by atoms with van der Waals surface area (Å²) < 4.78 is 5.00. The molecule has 1 N–H and O–H groups in total. The topological polar surface area (TPSA) is 34.4 Å². The number of nitrogens with one attached hydrogen (secondary N) is 1. The SMILES string of the molecule is C1=Cc2occc2ON1. The van der Waals surface area contributed by atoms with E-state index in [0.29, 0.717) is 0 Å². The minimum absolute atomic E-state index is 0.734.